The van der Waals surface area contributed by atoms with Gasteiger partial charge in [0.25, 0.3) is 5.91 Å². The van der Waals surface area contributed by atoms with Crippen molar-refractivity contribution >= 4 is 5.91 Å². The second-order valence-electron chi connectivity index (χ2n) is 8.18. The number of rotatable bonds is 6. The van der Waals surface area contributed by atoms with Crippen LogP contribution in [0.25, 0.3) is 0 Å². The predicted molar refractivity (Wildman–Crippen MR) is 106 cm³/mol. The summed E-state index contributed by atoms with van der Waals surface area (Å²) in [4.78, 5) is 14.9. The number of aromatic nitrogens is 3. The number of amides is 1. The maximum atomic E-state index is 13.4. The number of carbonyl (C=O) groups excluding carboxylic acids is 1. The van der Waals surface area contributed by atoms with E-state index >= 15 is 0 Å². The number of nitrogens with one attached hydrogen (secondary N) is 1. The molecular weight excluding hydrogens is 373 g/mol. The van der Waals surface area contributed by atoms with Crippen molar-refractivity contribution in [2.75, 3.05) is 33.4 Å². The number of hydrogen-bond donors (Lipinski definition) is 1. The average Bonchev–Trinajstić information content (AvgIpc) is 3.13. The molecule has 29 heavy (non-hydrogen) atoms. The highest BCUT2D eigenvalue weighted by atomic mass is 19.1. The Morgan fingerprint density at radius 1 is 1.28 bits per heavy atom. The third kappa shape index (κ3) is 4.48. The molecule has 0 aliphatic carbocycles. The van der Waals surface area contributed by atoms with E-state index < -0.39 is 0 Å². The van der Waals surface area contributed by atoms with Crippen LogP contribution in [0.1, 0.15) is 41.3 Å². The van der Waals surface area contributed by atoms with Crippen LogP contribution in [0.5, 0.6) is 0 Å². The molecule has 3 heterocycles. The minimum absolute atomic E-state index is 0.176. The van der Waals surface area contributed by atoms with Crippen LogP contribution in [0.15, 0.2) is 24.3 Å². The van der Waals surface area contributed by atoms with Crippen LogP contribution in [-0.4, -0.2) is 58.9 Å². The van der Waals surface area contributed by atoms with Gasteiger partial charge in [0.1, 0.15) is 11.6 Å². The van der Waals surface area contributed by atoms with Crippen molar-refractivity contribution in [3.63, 3.8) is 0 Å². The summed E-state index contributed by atoms with van der Waals surface area (Å²) in [6.07, 6.45) is 4.04. The predicted octanol–water partition coefficient (Wildman–Crippen LogP) is 2.02. The van der Waals surface area contributed by atoms with Gasteiger partial charge < -0.3 is 14.6 Å². The Bertz CT molecular complexity index is 861. The molecule has 156 valence electrons. The van der Waals surface area contributed by atoms with Crippen LogP contribution in [0.3, 0.4) is 0 Å². The summed E-state index contributed by atoms with van der Waals surface area (Å²) in [5, 5.41) is 11.2. The standard InChI is InChI=1S/C21H28FN5O2/c1-29-12-9-23-20(28)19-25-24-18-5-6-21(15-27(18)19)7-10-26(11-8-21)14-16-3-2-4-17(22)13-16/h2-4,13H,5-12,14-15H2,1H3,(H,23,28). The molecule has 2 aliphatic rings. The zero-order valence-corrected chi connectivity index (χ0v) is 16.9. The summed E-state index contributed by atoms with van der Waals surface area (Å²) in [7, 11) is 1.61. The molecule has 1 fully saturated rings. The van der Waals surface area contributed by atoms with Gasteiger partial charge in [-0.05, 0) is 55.5 Å². The number of fused-ring (bicyclic) bond motifs is 1. The van der Waals surface area contributed by atoms with Crippen LogP contribution in [0, 0.1) is 11.2 Å². The molecule has 0 saturated carbocycles. The fraction of sp³-hybridized carbons (Fsp3) is 0.571. The van der Waals surface area contributed by atoms with E-state index in [1.54, 1.807) is 19.2 Å². The lowest BCUT2D eigenvalue weighted by atomic mass is 9.73. The Kier molecular flexibility index (Phi) is 5.91. The van der Waals surface area contributed by atoms with Crippen LogP contribution >= 0.6 is 0 Å². The summed E-state index contributed by atoms with van der Waals surface area (Å²) in [6.45, 7) is 4.44. The second kappa shape index (κ2) is 8.59. The van der Waals surface area contributed by atoms with Crippen LogP contribution in [-0.2, 0) is 24.2 Å². The van der Waals surface area contributed by atoms with Gasteiger partial charge >= 0.3 is 0 Å². The van der Waals surface area contributed by atoms with E-state index in [1.807, 2.05) is 10.6 Å². The molecule has 4 rings (SSSR count). The smallest absolute Gasteiger partial charge is 0.289 e. The van der Waals surface area contributed by atoms with Gasteiger partial charge in [-0.2, -0.15) is 0 Å². The van der Waals surface area contributed by atoms with Crippen LogP contribution in [0.4, 0.5) is 4.39 Å². The number of benzene rings is 1. The van der Waals surface area contributed by atoms with Crippen LogP contribution in [0.2, 0.25) is 0 Å². The lowest BCUT2D eigenvalue weighted by molar-refractivity contribution is 0.0617. The fourth-order valence-electron chi connectivity index (χ4n) is 4.48. The largest absolute Gasteiger partial charge is 0.383 e. The Hall–Kier alpha value is -2.32. The Labute approximate surface area is 170 Å². The maximum absolute atomic E-state index is 13.4. The molecule has 8 heteroatoms. The Morgan fingerprint density at radius 2 is 2.10 bits per heavy atom. The van der Waals surface area contributed by atoms with Crippen molar-refractivity contribution in [2.45, 2.75) is 38.8 Å². The number of methoxy groups -OCH3 is 1. The first-order valence-corrected chi connectivity index (χ1v) is 10.2. The normalized spacial score (nSPS) is 18.6. The molecule has 0 bridgehead atoms. The number of carbonyl (C=O) groups is 1. The van der Waals surface area contributed by atoms with Crippen LogP contribution < -0.4 is 5.32 Å². The minimum Gasteiger partial charge on any atom is -0.383 e. The molecule has 0 radical (unpaired) electrons. The molecule has 1 amide bonds. The topological polar surface area (TPSA) is 72.3 Å². The number of ether oxygens (including phenoxy) is 1. The van der Waals surface area contributed by atoms with E-state index in [4.69, 9.17) is 4.74 Å². The zero-order chi connectivity index (χ0) is 20.3. The SMILES string of the molecule is COCCNC(=O)c1nnc2n1CC1(CC2)CCN(Cc2cccc(F)c2)CC1. The highest BCUT2D eigenvalue weighted by Crippen LogP contribution is 2.41. The summed E-state index contributed by atoms with van der Waals surface area (Å²) in [5.74, 6) is 0.924. The molecule has 1 aromatic heterocycles. The van der Waals surface area contributed by atoms with E-state index in [9.17, 15) is 9.18 Å². The first kappa shape index (κ1) is 20.0. The van der Waals surface area contributed by atoms with Crippen molar-refractivity contribution in [2.24, 2.45) is 5.41 Å². The van der Waals surface area contributed by atoms with Crippen molar-refractivity contribution < 1.29 is 13.9 Å². The van der Waals surface area contributed by atoms with E-state index in [-0.39, 0.29) is 17.1 Å². The van der Waals surface area contributed by atoms with Crippen molar-refractivity contribution in [1.82, 2.24) is 25.0 Å². The molecule has 0 atom stereocenters. The van der Waals surface area contributed by atoms with Gasteiger partial charge in [-0.3, -0.25) is 9.69 Å². The van der Waals surface area contributed by atoms with Gasteiger partial charge in [0.05, 0.1) is 6.61 Å². The summed E-state index contributed by atoms with van der Waals surface area (Å²) >= 11 is 0. The quantitative estimate of drug-likeness (QED) is 0.750. The number of aryl methyl sites for hydroxylation is 1. The van der Waals surface area contributed by atoms with Crippen molar-refractivity contribution in [3.05, 3.63) is 47.3 Å². The summed E-state index contributed by atoms with van der Waals surface area (Å²) < 4.78 is 20.4. The van der Waals surface area contributed by atoms with Crippen molar-refractivity contribution in [3.8, 4) is 0 Å². The number of likely N-dealkylation sites (tertiary alicyclic amines) is 1. The van der Waals surface area contributed by atoms with Gasteiger partial charge in [-0.25, -0.2) is 4.39 Å². The van der Waals surface area contributed by atoms with E-state index in [2.05, 4.69) is 20.4 Å². The Balaban J connectivity index is 1.38. The molecule has 1 saturated heterocycles. The van der Waals surface area contributed by atoms with Gasteiger partial charge in [0.15, 0.2) is 0 Å². The van der Waals surface area contributed by atoms with Crippen molar-refractivity contribution in [1.29, 1.82) is 0 Å². The first-order valence-electron chi connectivity index (χ1n) is 10.2. The third-order valence-electron chi connectivity index (χ3n) is 6.21. The third-order valence-corrected chi connectivity index (χ3v) is 6.21. The lowest BCUT2D eigenvalue weighted by Crippen LogP contribution is -2.45. The van der Waals surface area contributed by atoms with Gasteiger partial charge in [0, 0.05) is 33.2 Å². The number of nitrogens with zero attached hydrogens (tertiary/aromatic N) is 4. The molecule has 2 aromatic rings. The summed E-state index contributed by atoms with van der Waals surface area (Å²) in [5.41, 5.74) is 1.19. The minimum atomic E-state index is -0.193. The number of piperidine rings is 1. The molecule has 1 N–H and O–H groups in total. The average molecular weight is 401 g/mol. The molecule has 7 nitrogen and oxygen atoms in total. The molecule has 0 unspecified atom stereocenters. The molecule has 1 spiro atoms. The van der Waals surface area contributed by atoms with E-state index in [1.165, 1.54) is 6.07 Å². The highest BCUT2D eigenvalue weighted by Gasteiger charge is 2.39. The molecular formula is C21H28FN5O2. The highest BCUT2D eigenvalue weighted by molar-refractivity contribution is 5.90. The first-order chi connectivity index (χ1) is 14.1. The van der Waals surface area contributed by atoms with E-state index in [0.717, 1.165) is 63.3 Å². The second-order valence-corrected chi connectivity index (χ2v) is 8.18. The number of halogens is 1. The lowest BCUT2D eigenvalue weighted by Gasteiger charge is -2.44. The van der Waals surface area contributed by atoms with Gasteiger partial charge in [-0.15, -0.1) is 10.2 Å². The monoisotopic (exact) mass is 401 g/mol. The van der Waals surface area contributed by atoms with Gasteiger partial charge in [0.2, 0.25) is 5.82 Å². The molecule has 2 aliphatic heterocycles. The fourth-order valence-corrected chi connectivity index (χ4v) is 4.48. The summed E-state index contributed by atoms with van der Waals surface area (Å²) in [6, 6.07) is 6.84. The number of hydrogen-bond acceptors (Lipinski definition) is 5. The molecule has 1 aromatic carbocycles. The zero-order valence-electron chi connectivity index (χ0n) is 16.9. The Morgan fingerprint density at radius 3 is 2.86 bits per heavy atom. The van der Waals surface area contributed by atoms with Gasteiger partial charge in [-0.1, -0.05) is 12.1 Å². The maximum Gasteiger partial charge on any atom is 0.289 e. The van der Waals surface area contributed by atoms with E-state index in [0.29, 0.717) is 19.0 Å².